The third kappa shape index (κ3) is 4.20. The quantitative estimate of drug-likeness (QED) is 0.410. The van der Waals surface area contributed by atoms with Crippen molar-refractivity contribution < 1.29 is 8.42 Å². The minimum absolute atomic E-state index is 0.00683. The Kier molecular flexibility index (Phi) is 5.15. The summed E-state index contributed by atoms with van der Waals surface area (Å²) in [6, 6.07) is 10.5. The van der Waals surface area contributed by atoms with Crippen LogP contribution in [-0.4, -0.2) is 29.5 Å². The Labute approximate surface area is 193 Å². The Morgan fingerprint density at radius 3 is 2.34 bits per heavy atom. The number of aromatic nitrogens is 2. The molecular weight excluding hydrogens is 442 g/mol. The van der Waals surface area contributed by atoms with Crippen LogP contribution in [0.2, 0.25) is 0 Å². The zero-order valence-electron chi connectivity index (χ0n) is 17.9. The molecule has 5 nitrogen and oxygen atoms in total. The Morgan fingerprint density at radius 2 is 1.69 bits per heavy atom. The van der Waals surface area contributed by atoms with E-state index in [9.17, 15) is 8.42 Å². The van der Waals surface area contributed by atoms with Gasteiger partial charge in [0.1, 0.15) is 11.5 Å². The van der Waals surface area contributed by atoms with Crippen molar-refractivity contribution in [3.05, 3.63) is 54.5 Å². The third-order valence-electron chi connectivity index (χ3n) is 6.80. The predicted octanol–water partition coefficient (Wildman–Crippen LogP) is 5.46. The average molecular weight is 466 g/mol. The first-order chi connectivity index (χ1) is 15.2. The molecule has 164 valence electrons. The Balaban J connectivity index is 1.43. The van der Waals surface area contributed by atoms with Crippen LogP contribution in [0.4, 0.5) is 11.5 Å². The standard InChI is InChI=1S/C25H24ClN3O2S/c1-32(30,31)20-4-2-19(3-5-20)29-23-16-21-18(17-28-23)7-15-27-22(21)6-8-24-9-12-25(26,13-10-24)14-11-24/h2-5,7,15-17H,9-14H2,1H3,(H,28,29). The Bertz CT molecular complexity index is 1330. The van der Waals surface area contributed by atoms with Gasteiger partial charge in [0.25, 0.3) is 0 Å². The van der Waals surface area contributed by atoms with E-state index in [0.29, 0.717) is 5.82 Å². The zero-order valence-corrected chi connectivity index (χ0v) is 19.4. The number of nitrogens with zero attached hydrogens (tertiary/aromatic N) is 2. The average Bonchev–Trinajstić information content (AvgIpc) is 2.78. The molecule has 0 unspecified atom stereocenters. The molecule has 0 saturated heterocycles. The molecular formula is C25H24ClN3O2S. The van der Waals surface area contributed by atoms with Crippen LogP contribution in [-0.2, 0) is 9.84 Å². The second kappa shape index (κ2) is 7.75. The van der Waals surface area contributed by atoms with Gasteiger partial charge in [0.2, 0.25) is 0 Å². The lowest BCUT2D eigenvalue weighted by Crippen LogP contribution is -2.41. The lowest BCUT2D eigenvalue weighted by molar-refractivity contribution is 0.137. The molecule has 0 atom stereocenters. The van der Waals surface area contributed by atoms with E-state index < -0.39 is 9.84 Å². The van der Waals surface area contributed by atoms with Crippen LogP contribution in [0.25, 0.3) is 10.8 Å². The van der Waals surface area contributed by atoms with Crippen molar-refractivity contribution >= 4 is 43.7 Å². The molecule has 6 rings (SSSR count). The van der Waals surface area contributed by atoms with Crippen LogP contribution < -0.4 is 5.32 Å². The van der Waals surface area contributed by atoms with E-state index in [4.69, 9.17) is 11.6 Å². The van der Waals surface area contributed by atoms with Crippen LogP contribution in [0, 0.1) is 17.3 Å². The highest BCUT2D eigenvalue weighted by molar-refractivity contribution is 7.90. The topological polar surface area (TPSA) is 72.0 Å². The van der Waals surface area contributed by atoms with Gasteiger partial charge in [0.05, 0.1) is 4.90 Å². The first kappa shape index (κ1) is 21.2. The molecule has 0 aliphatic heterocycles. The summed E-state index contributed by atoms with van der Waals surface area (Å²) in [6.07, 6.45) is 11.1. The summed E-state index contributed by atoms with van der Waals surface area (Å²) >= 11 is 6.67. The maximum absolute atomic E-state index is 11.7. The van der Waals surface area contributed by atoms with Gasteiger partial charge in [0, 0.05) is 45.4 Å². The molecule has 2 bridgehead atoms. The molecule has 2 heterocycles. The minimum atomic E-state index is -3.22. The van der Waals surface area contributed by atoms with E-state index in [1.165, 1.54) is 6.26 Å². The van der Waals surface area contributed by atoms with E-state index in [1.54, 1.807) is 36.7 Å². The maximum Gasteiger partial charge on any atom is 0.175 e. The van der Waals surface area contributed by atoms with Crippen molar-refractivity contribution in [1.82, 2.24) is 9.97 Å². The van der Waals surface area contributed by atoms with Crippen molar-refractivity contribution in [3.8, 4) is 11.8 Å². The van der Waals surface area contributed by atoms with Crippen molar-refractivity contribution in [2.24, 2.45) is 5.41 Å². The fourth-order valence-corrected chi connectivity index (χ4v) is 5.60. The highest BCUT2D eigenvalue weighted by Gasteiger charge is 2.46. The summed E-state index contributed by atoms with van der Waals surface area (Å²) in [5.41, 5.74) is 1.58. The van der Waals surface area contributed by atoms with Gasteiger partial charge in [-0.25, -0.2) is 18.4 Å². The van der Waals surface area contributed by atoms with Crippen molar-refractivity contribution in [2.75, 3.05) is 11.6 Å². The molecule has 3 aliphatic rings. The molecule has 1 N–H and O–H groups in total. The highest BCUT2D eigenvalue weighted by atomic mass is 35.5. The SMILES string of the molecule is CS(=O)(=O)c1ccc(Nc2cc3c(C#CC45CCC(Cl)(CC4)CC5)nccc3cn2)cc1. The zero-order chi connectivity index (χ0) is 22.4. The minimum Gasteiger partial charge on any atom is -0.340 e. The molecule has 7 heteroatoms. The van der Waals surface area contributed by atoms with Crippen LogP contribution in [0.5, 0.6) is 0 Å². The van der Waals surface area contributed by atoms with Crippen molar-refractivity contribution in [1.29, 1.82) is 0 Å². The number of halogens is 1. The Morgan fingerprint density at radius 1 is 1.00 bits per heavy atom. The van der Waals surface area contributed by atoms with Crippen LogP contribution >= 0.6 is 11.6 Å². The van der Waals surface area contributed by atoms with E-state index >= 15 is 0 Å². The van der Waals surface area contributed by atoms with Gasteiger partial charge < -0.3 is 5.32 Å². The molecule has 2 aromatic heterocycles. The van der Waals surface area contributed by atoms with Gasteiger partial charge in [-0.3, -0.25) is 0 Å². The number of sulfone groups is 1. The van der Waals surface area contributed by atoms with Gasteiger partial charge in [-0.2, -0.15) is 0 Å². The molecule has 32 heavy (non-hydrogen) atoms. The molecule has 3 saturated carbocycles. The number of anilines is 2. The van der Waals surface area contributed by atoms with Gasteiger partial charge in [-0.05, 0) is 80.8 Å². The number of nitrogens with one attached hydrogen (secondary N) is 1. The number of alkyl halides is 1. The molecule has 3 aromatic rings. The molecule has 0 radical (unpaired) electrons. The number of hydrogen-bond acceptors (Lipinski definition) is 5. The van der Waals surface area contributed by atoms with E-state index in [0.717, 1.165) is 60.7 Å². The number of benzene rings is 1. The van der Waals surface area contributed by atoms with Gasteiger partial charge in [-0.1, -0.05) is 5.92 Å². The van der Waals surface area contributed by atoms with Crippen LogP contribution in [0.15, 0.2) is 53.7 Å². The second-order valence-electron chi connectivity index (χ2n) is 9.05. The lowest BCUT2D eigenvalue weighted by Gasteiger charge is -2.48. The fourth-order valence-electron chi connectivity index (χ4n) is 4.69. The number of rotatable bonds is 3. The first-order valence-corrected chi connectivity index (χ1v) is 13.0. The monoisotopic (exact) mass is 465 g/mol. The van der Waals surface area contributed by atoms with E-state index in [-0.39, 0.29) is 15.2 Å². The lowest BCUT2D eigenvalue weighted by atomic mass is 9.60. The van der Waals surface area contributed by atoms with Gasteiger partial charge >= 0.3 is 0 Å². The summed E-state index contributed by atoms with van der Waals surface area (Å²) in [5.74, 6) is 7.60. The summed E-state index contributed by atoms with van der Waals surface area (Å²) in [6.45, 7) is 0. The summed E-state index contributed by atoms with van der Waals surface area (Å²) in [4.78, 5) is 9.33. The fraction of sp³-hybridized carbons (Fsp3) is 0.360. The maximum atomic E-state index is 11.7. The molecule has 0 amide bonds. The first-order valence-electron chi connectivity index (χ1n) is 10.8. The summed E-state index contributed by atoms with van der Waals surface area (Å²) in [7, 11) is -3.22. The van der Waals surface area contributed by atoms with Crippen molar-refractivity contribution in [2.45, 2.75) is 48.3 Å². The molecule has 1 aromatic carbocycles. The largest absolute Gasteiger partial charge is 0.340 e. The highest BCUT2D eigenvalue weighted by Crippen LogP contribution is 2.54. The number of pyridine rings is 2. The van der Waals surface area contributed by atoms with Crippen LogP contribution in [0.3, 0.4) is 0 Å². The number of hydrogen-bond donors (Lipinski definition) is 1. The van der Waals surface area contributed by atoms with Crippen LogP contribution in [0.1, 0.15) is 44.2 Å². The molecule has 0 spiro atoms. The van der Waals surface area contributed by atoms with Gasteiger partial charge in [-0.15, -0.1) is 11.6 Å². The third-order valence-corrected chi connectivity index (χ3v) is 8.50. The van der Waals surface area contributed by atoms with E-state index in [2.05, 4.69) is 27.1 Å². The van der Waals surface area contributed by atoms with Crippen molar-refractivity contribution in [3.63, 3.8) is 0 Å². The Hall–Kier alpha value is -2.62. The smallest absolute Gasteiger partial charge is 0.175 e. The predicted molar refractivity (Wildman–Crippen MR) is 128 cm³/mol. The number of fused-ring (bicyclic) bond motifs is 4. The molecule has 3 fully saturated rings. The second-order valence-corrected chi connectivity index (χ2v) is 11.9. The summed E-state index contributed by atoms with van der Waals surface area (Å²) in [5, 5.41) is 5.16. The normalized spacial score (nSPS) is 24.7. The van der Waals surface area contributed by atoms with Gasteiger partial charge in [0.15, 0.2) is 9.84 Å². The molecule has 3 aliphatic carbocycles. The summed E-state index contributed by atoms with van der Waals surface area (Å²) < 4.78 is 23.3. The van der Waals surface area contributed by atoms with E-state index in [1.807, 2.05) is 12.1 Å².